The van der Waals surface area contributed by atoms with Gasteiger partial charge in [-0.1, -0.05) is 30.3 Å². The molecule has 3 heterocycles. The second kappa shape index (κ2) is 6.37. The minimum Gasteiger partial charge on any atom is -0.468 e. The van der Waals surface area contributed by atoms with E-state index in [2.05, 4.69) is 20.3 Å². The Labute approximate surface area is 167 Å². The lowest BCUT2D eigenvalue weighted by atomic mass is 9.67. The molecule has 8 heteroatoms. The molecule has 1 fully saturated rings. The van der Waals surface area contributed by atoms with Gasteiger partial charge in [-0.3, -0.25) is 4.68 Å². The largest absolute Gasteiger partial charge is 0.468 e. The van der Waals surface area contributed by atoms with Crippen LogP contribution in [-0.4, -0.2) is 34.6 Å². The molecule has 2 bridgehead atoms. The first-order chi connectivity index (χ1) is 14.3. The highest BCUT2D eigenvalue weighted by Gasteiger charge is 2.39. The molecule has 0 unspecified atom stereocenters. The van der Waals surface area contributed by atoms with Gasteiger partial charge in [0.25, 0.3) is 0 Å². The third-order valence-corrected chi connectivity index (χ3v) is 6.15. The Bertz CT molecular complexity index is 1190. The monoisotopic (exact) mass is 387 g/mol. The number of nitrogens with zero attached hydrogens (tertiary/aromatic N) is 7. The van der Waals surface area contributed by atoms with Gasteiger partial charge < -0.3 is 4.74 Å². The van der Waals surface area contributed by atoms with Gasteiger partial charge in [0.2, 0.25) is 5.88 Å². The molecule has 0 atom stereocenters. The van der Waals surface area contributed by atoms with Gasteiger partial charge in [0, 0.05) is 23.7 Å². The van der Waals surface area contributed by atoms with Gasteiger partial charge in [-0.25, -0.2) is 4.98 Å². The molecule has 0 aliphatic heterocycles. The number of ether oxygens (including phenoxy) is 1. The van der Waals surface area contributed by atoms with Crippen molar-refractivity contribution in [3.63, 3.8) is 0 Å². The van der Waals surface area contributed by atoms with Gasteiger partial charge in [-0.2, -0.15) is 9.61 Å². The number of hydrogen-bond acceptors (Lipinski definition) is 6. The molecular weight excluding hydrogens is 366 g/mol. The first-order valence-corrected chi connectivity index (χ1v) is 10.1. The maximum Gasteiger partial charge on any atom is 0.236 e. The van der Waals surface area contributed by atoms with Crippen molar-refractivity contribution >= 4 is 5.65 Å². The van der Waals surface area contributed by atoms with Crippen LogP contribution in [0.5, 0.6) is 5.88 Å². The van der Waals surface area contributed by atoms with Crippen LogP contribution in [0.15, 0.2) is 36.7 Å². The molecule has 0 N–H and O–H groups in total. The second-order valence-corrected chi connectivity index (χ2v) is 7.93. The van der Waals surface area contributed by atoms with Crippen LogP contribution in [0.3, 0.4) is 0 Å². The molecule has 3 aromatic heterocycles. The van der Waals surface area contributed by atoms with Gasteiger partial charge in [-0.05, 0) is 37.5 Å². The molecule has 3 aliphatic rings. The predicted octanol–water partition coefficient (Wildman–Crippen LogP) is 3.25. The Morgan fingerprint density at radius 1 is 0.966 bits per heavy atom. The summed E-state index contributed by atoms with van der Waals surface area (Å²) in [7, 11) is 1.85. The average Bonchev–Trinajstić information content (AvgIpc) is 3.39. The van der Waals surface area contributed by atoms with E-state index in [4.69, 9.17) is 9.84 Å². The molecule has 7 rings (SSSR count). The molecular formula is C21H21N7O. The number of rotatable bonds is 4. The molecule has 0 amide bonds. The molecule has 0 saturated heterocycles. The Morgan fingerprint density at radius 3 is 2.45 bits per heavy atom. The van der Waals surface area contributed by atoms with Crippen molar-refractivity contribution in [3.05, 3.63) is 53.6 Å². The highest BCUT2D eigenvalue weighted by atomic mass is 16.5. The van der Waals surface area contributed by atoms with Gasteiger partial charge in [0.1, 0.15) is 6.33 Å². The molecule has 0 spiro atoms. The summed E-state index contributed by atoms with van der Waals surface area (Å²) < 4.78 is 9.74. The molecule has 4 aromatic rings. The van der Waals surface area contributed by atoms with Gasteiger partial charge in [0.15, 0.2) is 23.9 Å². The van der Waals surface area contributed by atoms with E-state index in [0.29, 0.717) is 30.1 Å². The highest BCUT2D eigenvalue weighted by molar-refractivity contribution is 5.65. The third kappa shape index (κ3) is 2.62. The maximum absolute atomic E-state index is 6.20. The molecule has 146 valence electrons. The molecule has 3 aliphatic carbocycles. The lowest BCUT2D eigenvalue weighted by Gasteiger charge is -2.38. The summed E-state index contributed by atoms with van der Waals surface area (Å²) in [6.07, 6.45) is 6.46. The SMILES string of the molecule is Cn1cnc(COc2nn3c(-c4ccccc4)nnc3c3c2C2CCC3CC2)n1. The van der Waals surface area contributed by atoms with Gasteiger partial charge in [-0.15, -0.1) is 15.3 Å². The first-order valence-electron chi connectivity index (χ1n) is 10.1. The summed E-state index contributed by atoms with van der Waals surface area (Å²) in [6, 6.07) is 10.1. The lowest BCUT2D eigenvalue weighted by molar-refractivity contribution is 0.261. The maximum atomic E-state index is 6.20. The quantitative estimate of drug-likeness (QED) is 0.534. The minimum absolute atomic E-state index is 0.298. The number of benzene rings is 1. The van der Waals surface area contributed by atoms with E-state index in [1.54, 1.807) is 11.0 Å². The third-order valence-electron chi connectivity index (χ3n) is 6.15. The number of aryl methyl sites for hydroxylation is 1. The van der Waals surface area contributed by atoms with E-state index < -0.39 is 0 Å². The zero-order valence-electron chi connectivity index (χ0n) is 16.2. The summed E-state index contributed by atoms with van der Waals surface area (Å²) >= 11 is 0. The van der Waals surface area contributed by atoms with Crippen molar-refractivity contribution < 1.29 is 4.74 Å². The van der Waals surface area contributed by atoms with Crippen LogP contribution >= 0.6 is 0 Å². The van der Waals surface area contributed by atoms with Crippen LogP contribution in [0.1, 0.15) is 54.5 Å². The van der Waals surface area contributed by atoms with E-state index in [-0.39, 0.29) is 0 Å². The van der Waals surface area contributed by atoms with Crippen LogP contribution in [0.4, 0.5) is 0 Å². The Balaban J connectivity index is 1.51. The molecule has 0 radical (unpaired) electrons. The molecule has 1 aromatic carbocycles. The van der Waals surface area contributed by atoms with Crippen LogP contribution < -0.4 is 4.74 Å². The fourth-order valence-corrected chi connectivity index (χ4v) is 4.85. The Hall–Kier alpha value is -3.29. The summed E-state index contributed by atoms with van der Waals surface area (Å²) in [5, 5.41) is 18.2. The van der Waals surface area contributed by atoms with Crippen molar-refractivity contribution in [2.45, 2.75) is 44.1 Å². The van der Waals surface area contributed by atoms with Gasteiger partial charge >= 0.3 is 0 Å². The fraction of sp³-hybridized carbons (Fsp3) is 0.381. The zero-order valence-corrected chi connectivity index (χ0v) is 16.2. The van der Waals surface area contributed by atoms with E-state index in [1.807, 2.05) is 41.9 Å². The zero-order chi connectivity index (χ0) is 19.4. The van der Waals surface area contributed by atoms with Crippen LogP contribution in [0.2, 0.25) is 0 Å². The average molecular weight is 387 g/mol. The van der Waals surface area contributed by atoms with E-state index in [1.165, 1.54) is 36.8 Å². The summed E-state index contributed by atoms with van der Waals surface area (Å²) in [6.45, 7) is 0.298. The summed E-state index contributed by atoms with van der Waals surface area (Å²) in [5.74, 6) is 3.05. The Morgan fingerprint density at radius 2 is 1.72 bits per heavy atom. The summed E-state index contributed by atoms with van der Waals surface area (Å²) in [4.78, 5) is 4.28. The number of aromatic nitrogens is 7. The standard InChI is InChI=1S/C21H21N7O/c1-27-12-22-16(25-27)11-29-21-18-14-9-7-13(8-10-14)17(18)20-24-23-19(28(20)26-21)15-5-3-2-4-6-15/h2-6,12-14H,7-11H2,1H3. The fourth-order valence-electron chi connectivity index (χ4n) is 4.85. The minimum atomic E-state index is 0.298. The lowest BCUT2D eigenvalue weighted by Crippen LogP contribution is -2.25. The van der Waals surface area contributed by atoms with E-state index in [0.717, 1.165) is 17.0 Å². The molecule has 1 saturated carbocycles. The van der Waals surface area contributed by atoms with E-state index >= 15 is 0 Å². The number of fused-ring (bicyclic) bond motifs is 3. The second-order valence-electron chi connectivity index (χ2n) is 7.93. The number of hydrogen-bond donors (Lipinski definition) is 0. The van der Waals surface area contributed by atoms with Crippen molar-refractivity contribution in [1.82, 2.24) is 34.6 Å². The highest BCUT2D eigenvalue weighted by Crippen LogP contribution is 2.53. The van der Waals surface area contributed by atoms with Crippen LogP contribution in [0.25, 0.3) is 17.0 Å². The molecule has 8 nitrogen and oxygen atoms in total. The van der Waals surface area contributed by atoms with Crippen molar-refractivity contribution in [2.24, 2.45) is 7.05 Å². The van der Waals surface area contributed by atoms with Crippen LogP contribution in [0, 0.1) is 0 Å². The normalized spacial score (nSPS) is 20.2. The van der Waals surface area contributed by atoms with Crippen LogP contribution in [-0.2, 0) is 13.7 Å². The Kier molecular flexibility index (Phi) is 3.65. The summed E-state index contributed by atoms with van der Waals surface area (Å²) in [5.41, 5.74) is 4.37. The predicted molar refractivity (Wildman–Crippen MR) is 106 cm³/mol. The van der Waals surface area contributed by atoms with E-state index in [9.17, 15) is 0 Å². The van der Waals surface area contributed by atoms with Crippen molar-refractivity contribution in [3.8, 4) is 17.3 Å². The molecule has 29 heavy (non-hydrogen) atoms. The first kappa shape index (κ1) is 16.6. The van der Waals surface area contributed by atoms with Gasteiger partial charge in [0.05, 0.1) is 0 Å². The smallest absolute Gasteiger partial charge is 0.236 e. The van der Waals surface area contributed by atoms with Crippen molar-refractivity contribution in [1.29, 1.82) is 0 Å². The topological polar surface area (TPSA) is 83.0 Å². The van der Waals surface area contributed by atoms with Crippen molar-refractivity contribution in [2.75, 3.05) is 0 Å².